The third-order valence-electron chi connectivity index (χ3n) is 2.63. The lowest BCUT2D eigenvalue weighted by Gasteiger charge is -2.19. The first-order valence-corrected chi connectivity index (χ1v) is 6.28. The zero-order valence-corrected chi connectivity index (χ0v) is 11.5. The van der Waals surface area contributed by atoms with Gasteiger partial charge < -0.3 is 4.74 Å². The quantitative estimate of drug-likeness (QED) is 0.437. The zero-order valence-electron chi connectivity index (χ0n) is 10.8. The molecule has 0 aliphatic heterocycles. The predicted octanol–water partition coefficient (Wildman–Crippen LogP) is 2.77. The largest absolute Gasteiger partial charge is 0.373 e. The van der Waals surface area contributed by atoms with E-state index in [1.807, 2.05) is 0 Å². The van der Waals surface area contributed by atoms with E-state index in [9.17, 15) is 22.0 Å². The molecule has 0 bridgehead atoms. The second-order valence-electron chi connectivity index (χ2n) is 4.39. The van der Waals surface area contributed by atoms with Crippen LogP contribution in [0.4, 0.5) is 22.0 Å². The maximum Gasteiger partial charge on any atom is 0.330 e. The molecule has 120 valence electrons. The number of hydrazine groups is 1. The van der Waals surface area contributed by atoms with Gasteiger partial charge in [-0.3, -0.25) is 11.3 Å². The summed E-state index contributed by atoms with van der Waals surface area (Å²) in [5.41, 5.74) is 2.79. The van der Waals surface area contributed by atoms with Gasteiger partial charge in [0.15, 0.2) is 0 Å². The lowest BCUT2D eigenvalue weighted by Crippen LogP contribution is -2.42. The van der Waals surface area contributed by atoms with Crippen molar-refractivity contribution in [3.8, 4) is 0 Å². The van der Waals surface area contributed by atoms with Crippen molar-refractivity contribution in [3.63, 3.8) is 0 Å². The fourth-order valence-electron chi connectivity index (χ4n) is 1.52. The van der Waals surface area contributed by atoms with Gasteiger partial charge in [-0.15, -0.1) is 0 Å². The minimum atomic E-state index is -4.22. The molecule has 1 aromatic carbocycles. The van der Waals surface area contributed by atoms with Crippen LogP contribution in [0.3, 0.4) is 0 Å². The van der Waals surface area contributed by atoms with Crippen molar-refractivity contribution in [2.45, 2.75) is 24.8 Å². The number of nitrogens with one attached hydrogen (secondary N) is 1. The van der Waals surface area contributed by atoms with Crippen molar-refractivity contribution in [1.82, 2.24) is 5.43 Å². The Balaban J connectivity index is 2.50. The van der Waals surface area contributed by atoms with Crippen LogP contribution >= 0.6 is 11.6 Å². The molecule has 1 unspecified atom stereocenters. The number of nitrogens with two attached hydrogens (primary N) is 1. The summed E-state index contributed by atoms with van der Waals surface area (Å²) in [5, 5.41) is -0.0520. The van der Waals surface area contributed by atoms with Crippen LogP contribution in [-0.2, 0) is 11.2 Å². The molecule has 1 rings (SSSR count). The monoisotopic (exact) mass is 332 g/mol. The minimum Gasteiger partial charge on any atom is -0.373 e. The molecule has 3 nitrogen and oxygen atoms in total. The van der Waals surface area contributed by atoms with Crippen LogP contribution < -0.4 is 11.3 Å². The summed E-state index contributed by atoms with van der Waals surface area (Å²) >= 11 is 5.52. The number of rotatable bonds is 8. The molecule has 1 atom stereocenters. The van der Waals surface area contributed by atoms with Gasteiger partial charge in [0.2, 0.25) is 0 Å². The summed E-state index contributed by atoms with van der Waals surface area (Å²) in [7, 11) is 0. The standard InChI is InChI=1S/C12H14ClF5N2O/c13-9-2-1-7(4-10(9)14)3-8(20-19)5-21-6-12(17,18)11(15)16/h1-2,4,8,11,20H,3,5-6,19H2. The van der Waals surface area contributed by atoms with E-state index in [1.54, 1.807) is 0 Å². The van der Waals surface area contributed by atoms with Crippen molar-refractivity contribution in [2.24, 2.45) is 5.84 Å². The summed E-state index contributed by atoms with van der Waals surface area (Å²) in [5.74, 6) is 0.366. The highest BCUT2D eigenvalue weighted by atomic mass is 35.5. The highest BCUT2D eigenvalue weighted by molar-refractivity contribution is 6.30. The van der Waals surface area contributed by atoms with Crippen LogP contribution in [0, 0.1) is 5.82 Å². The maximum atomic E-state index is 13.2. The average molecular weight is 333 g/mol. The van der Waals surface area contributed by atoms with Crippen LogP contribution in [0.15, 0.2) is 18.2 Å². The maximum absolute atomic E-state index is 13.2. The summed E-state index contributed by atoms with van der Waals surface area (Å²) in [4.78, 5) is 0. The molecule has 9 heteroatoms. The molecular weight excluding hydrogens is 319 g/mol. The van der Waals surface area contributed by atoms with Gasteiger partial charge in [-0.2, -0.15) is 8.78 Å². The molecule has 0 radical (unpaired) electrons. The van der Waals surface area contributed by atoms with E-state index in [-0.39, 0.29) is 18.1 Å². The van der Waals surface area contributed by atoms with E-state index in [0.29, 0.717) is 5.56 Å². The summed E-state index contributed by atoms with van der Waals surface area (Å²) in [6.45, 7) is -1.75. The van der Waals surface area contributed by atoms with E-state index in [2.05, 4.69) is 10.2 Å². The number of benzene rings is 1. The summed E-state index contributed by atoms with van der Waals surface area (Å²) in [6.07, 6.45) is -3.64. The van der Waals surface area contributed by atoms with Crippen LogP contribution in [0.25, 0.3) is 0 Å². The van der Waals surface area contributed by atoms with Crippen LogP contribution in [0.5, 0.6) is 0 Å². The molecule has 3 N–H and O–H groups in total. The lowest BCUT2D eigenvalue weighted by molar-refractivity contribution is -0.167. The van der Waals surface area contributed by atoms with Gasteiger partial charge in [0, 0.05) is 6.04 Å². The minimum absolute atomic E-state index is 0.0520. The van der Waals surface area contributed by atoms with Crippen molar-refractivity contribution in [3.05, 3.63) is 34.6 Å². The molecule has 0 aromatic heterocycles. The number of hydrogen-bond donors (Lipinski definition) is 2. The van der Waals surface area contributed by atoms with Crippen LogP contribution in [-0.4, -0.2) is 31.6 Å². The Morgan fingerprint density at radius 1 is 1.33 bits per heavy atom. The first-order chi connectivity index (χ1) is 9.76. The third kappa shape index (κ3) is 5.74. The Labute approximate surface area is 123 Å². The molecule has 0 spiro atoms. The van der Waals surface area contributed by atoms with Crippen LogP contribution in [0.2, 0.25) is 5.02 Å². The normalized spacial score (nSPS) is 13.7. The van der Waals surface area contributed by atoms with Crippen molar-refractivity contribution < 1.29 is 26.7 Å². The Morgan fingerprint density at radius 2 is 2.00 bits per heavy atom. The number of halogens is 6. The van der Waals surface area contributed by atoms with E-state index in [0.717, 1.165) is 0 Å². The number of hydrogen-bond acceptors (Lipinski definition) is 3. The molecule has 0 aliphatic rings. The van der Waals surface area contributed by atoms with Crippen molar-refractivity contribution in [1.29, 1.82) is 0 Å². The number of ether oxygens (including phenoxy) is 1. The third-order valence-corrected chi connectivity index (χ3v) is 2.94. The van der Waals surface area contributed by atoms with Gasteiger partial charge in [-0.1, -0.05) is 17.7 Å². The molecule has 21 heavy (non-hydrogen) atoms. The second kappa shape index (κ2) is 7.88. The molecule has 0 saturated carbocycles. The topological polar surface area (TPSA) is 47.3 Å². The summed E-state index contributed by atoms with van der Waals surface area (Å²) < 4.78 is 66.9. The Bertz CT molecular complexity index is 461. The van der Waals surface area contributed by atoms with Crippen LogP contribution in [0.1, 0.15) is 5.56 Å². The lowest BCUT2D eigenvalue weighted by atomic mass is 10.1. The fourth-order valence-corrected chi connectivity index (χ4v) is 1.63. The van der Waals surface area contributed by atoms with E-state index in [1.165, 1.54) is 18.2 Å². The summed E-state index contributed by atoms with van der Waals surface area (Å²) in [6, 6.07) is 3.40. The van der Waals surface area contributed by atoms with Gasteiger partial charge in [-0.25, -0.2) is 13.2 Å². The number of alkyl halides is 4. The van der Waals surface area contributed by atoms with Crippen molar-refractivity contribution >= 4 is 11.6 Å². The Kier molecular flexibility index (Phi) is 6.79. The van der Waals surface area contributed by atoms with E-state index >= 15 is 0 Å². The van der Waals surface area contributed by atoms with Gasteiger partial charge in [-0.05, 0) is 24.1 Å². The molecule has 0 fully saturated rings. The van der Waals surface area contributed by atoms with Gasteiger partial charge >= 0.3 is 12.3 Å². The molecule has 0 saturated heterocycles. The van der Waals surface area contributed by atoms with Gasteiger partial charge in [0.25, 0.3) is 0 Å². The SMILES string of the molecule is NNC(COCC(F)(F)C(F)F)Cc1ccc(Cl)c(F)c1. The highest BCUT2D eigenvalue weighted by Gasteiger charge is 2.41. The first-order valence-electron chi connectivity index (χ1n) is 5.90. The average Bonchev–Trinajstić information content (AvgIpc) is 2.41. The highest BCUT2D eigenvalue weighted by Crippen LogP contribution is 2.23. The van der Waals surface area contributed by atoms with E-state index < -0.39 is 30.8 Å². The molecule has 0 aliphatic carbocycles. The first kappa shape index (κ1) is 18.1. The molecule has 0 heterocycles. The van der Waals surface area contributed by atoms with Gasteiger partial charge in [0.05, 0.1) is 11.6 Å². The Hall–Kier alpha value is -0.960. The van der Waals surface area contributed by atoms with Crippen molar-refractivity contribution in [2.75, 3.05) is 13.2 Å². The second-order valence-corrected chi connectivity index (χ2v) is 4.80. The zero-order chi connectivity index (χ0) is 16.0. The fraction of sp³-hybridized carbons (Fsp3) is 0.500. The molecule has 0 amide bonds. The van der Waals surface area contributed by atoms with E-state index in [4.69, 9.17) is 17.4 Å². The van der Waals surface area contributed by atoms with Gasteiger partial charge in [0.1, 0.15) is 12.4 Å². The smallest absolute Gasteiger partial charge is 0.330 e. The predicted molar refractivity (Wildman–Crippen MR) is 68.0 cm³/mol. The molecule has 1 aromatic rings. The molecular formula is C12H14ClF5N2O. The Morgan fingerprint density at radius 3 is 2.52 bits per heavy atom.